The number of sulfone groups is 1. The van der Waals surface area contributed by atoms with Gasteiger partial charge in [0.15, 0.2) is 9.84 Å². The quantitative estimate of drug-likeness (QED) is 0.778. The molecule has 2 saturated heterocycles. The molecule has 1 aromatic carbocycles. The van der Waals surface area contributed by atoms with Crippen LogP contribution in [0.3, 0.4) is 0 Å². The summed E-state index contributed by atoms with van der Waals surface area (Å²) >= 11 is 0. The van der Waals surface area contributed by atoms with Crippen LogP contribution in [0.5, 0.6) is 0 Å². The first-order chi connectivity index (χ1) is 12.9. The van der Waals surface area contributed by atoms with Crippen molar-refractivity contribution in [1.82, 2.24) is 14.7 Å². The fourth-order valence-corrected chi connectivity index (χ4v) is 5.81. The van der Waals surface area contributed by atoms with Crippen LogP contribution >= 0.6 is 0 Å². The van der Waals surface area contributed by atoms with Crippen LogP contribution in [0.2, 0.25) is 0 Å². The Labute approximate surface area is 158 Å². The topological polar surface area (TPSA) is 81.5 Å². The standard InChI is InChI=1S/C19H23N3O4S/c1-13-4-3-5-15(10-13)22-14(2)16(11-20-22)19(23)21-7-9-27(24,25)18-12-26-8-6-17(18)21/h3-5,10-11,17-18H,6-9,12H2,1-2H3/t17-,18-/m1/s1. The number of carbonyl (C=O) groups is 1. The molecule has 0 N–H and O–H groups in total. The number of hydrogen-bond acceptors (Lipinski definition) is 5. The van der Waals surface area contributed by atoms with Gasteiger partial charge in [0.25, 0.3) is 5.91 Å². The Bertz CT molecular complexity index is 983. The van der Waals surface area contributed by atoms with Gasteiger partial charge >= 0.3 is 0 Å². The number of aryl methyl sites for hydroxylation is 1. The molecule has 4 rings (SSSR count). The zero-order valence-electron chi connectivity index (χ0n) is 15.5. The van der Waals surface area contributed by atoms with Crippen LogP contribution in [0, 0.1) is 13.8 Å². The Morgan fingerprint density at radius 1 is 1.30 bits per heavy atom. The van der Waals surface area contributed by atoms with Gasteiger partial charge in [0.1, 0.15) is 5.25 Å². The lowest BCUT2D eigenvalue weighted by Gasteiger charge is -2.43. The maximum Gasteiger partial charge on any atom is 0.257 e. The Balaban J connectivity index is 1.65. The molecular formula is C19H23N3O4S. The number of benzene rings is 1. The van der Waals surface area contributed by atoms with E-state index in [1.54, 1.807) is 15.8 Å². The summed E-state index contributed by atoms with van der Waals surface area (Å²) in [6.45, 7) is 4.73. The van der Waals surface area contributed by atoms with E-state index < -0.39 is 15.1 Å². The Hall–Kier alpha value is -2.19. The molecule has 2 aromatic rings. The second-order valence-corrected chi connectivity index (χ2v) is 9.57. The normalized spacial score (nSPS) is 24.4. The summed E-state index contributed by atoms with van der Waals surface area (Å²) in [5, 5.41) is 3.77. The van der Waals surface area contributed by atoms with Gasteiger partial charge in [-0.15, -0.1) is 0 Å². The molecular weight excluding hydrogens is 366 g/mol. The average molecular weight is 389 g/mol. The van der Waals surface area contributed by atoms with Crippen LogP contribution < -0.4 is 0 Å². The zero-order valence-corrected chi connectivity index (χ0v) is 16.3. The van der Waals surface area contributed by atoms with Crippen molar-refractivity contribution in [2.45, 2.75) is 31.6 Å². The minimum atomic E-state index is -3.22. The molecule has 0 spiro atoms. The van der Waals surface area contributed by atoms with E-state index in [1.807, 2.05) is 38.1 Å². The molecule has 0 saturated carbocycles. The lowest BCUT2D eigenvalue weighted by molar-refractivity contribution is 0.0293. The number of rotatable bonds is 2. The Morgan fingerprint density at radius 2 is 2.11 bits per heavy atom. The third kappa shape index (κ3) is 3.17. The predicted octanol–water partition coefficient (Wildman–Crippen LogP) is 1.52. The summed E-state index contributed by atoms with van der Waals surface area (Å²) in [5.41, 5.74) is 3.28. The van der Waals surface area contributed by atoms with Gasteiger partial charge < -0.3 is 9.64 Å². The van der Waals surface area contributed by atoms with Crippen LogP contribution in [0.15, 0.2) is 30.5 Å². The van der Waals surface area contributed by atoms with Crippen molar-refractivity contribution in [2.75, 3.05) is 25.5 Å². The molecule has 3 heterocycles. The molecule has 0 radical (unpaired) electrons. The van der Waals surface area contributed by atoms with E-state index >= 15 is 0 Å². The minimum absolute atomic E-state index is 0.0195. The average Bonchev–Trinajstić information content (AvgIpc) is 3.03. The minimum Gasteiger partial charge on any atom is -0.380 e. The van der Waals surface area contributed by atoms with E-state index in [-0.39, 0.29) is 30.9 Å². The number of carbonyl (C=O) groups excluding carboxylic acids is 1. The molecule has 2 aliphatic rings. The first-order valence-corrected chi connectivity index (χ1v) is 10.8. The molecule has 8 heteroatoms. The highest BCUT2D eigenvalue weighted by Crippen LogP contribution is 2.28. The fourth-order valence-electron chi connectivity index (χ4n) is 3.99. The summed E-state index contributed by atoms with van der Waals surface area (Å²) in [4.78, 5) is 14.9. The molecule has 2 atom stereocenters. The van der Waals surface area contributed by atoms with E-state index in [0.29, 0.717) is 18.6 Å². The van der Waals surface area contributed by atoms with Gasteiger partial charge in [0.05, 0.1) is 41.5 Å². The van der Waals surface area contributed by atoms with Crippen molar-refractivity contribution in [3.63, 3.8) is 0 Å². The number of fused-ring (bicyclic) bond motifs is 1. The molecule has 7 nitrogen and oxygen atoms in total. The summed E-state index contributed by atoms with van der Waals surface area (Å²) in [6, 6.07) is 7.59. The zero-order chi connectivity index (χ0) is 19.2. The van der Waals surface area contributed by atoms with Crippen LogP contribution in [0.1, 0.15) is 28.0 Å². The molecule has 144 valence electrons. The van der Waals surface area contributed by atoms with Crippen molar-refractivity contribution < 1.29 is 17.9 Å². The van der Waals surface area contributed by atoms with E-state index in [1.165, 1.54) is 0 Å². The first kappa shape index (κ1) is 18.2. The Morgan fingerprint density at radius 3 is 2.89 bits per heavy atom. The van der Waals surface area contributed by atoms with Gasteiger partial charge in [0.2, 0.25) is 0 Å². The highest BCUT2D eigenvalue weighted by molar-refractivity contribution is 7.92. The van der Waals surface area contributed by atoms with Crippen molar-refractivity contribution in [1.29, 1.82) is 0 Å². The second-order valence-electron chi connectivity index (χ2n) is 7.23. The van der Waals surface area contributed by atoms with E-state index in [2.05, 4.69) is 5.10 Å². The SMILES string of the molecule is Cc1cccc(-n2ncc(C(=O)N3CCS(=O)(=O)[C@@H]4COCC[C@H]43)c2C)c1. The molecule has 0 unspecified atom stereocenters. The third-order valence-corrected chi connectivity index (χ3v) is 7.62. The second kappa shape index (κ2) is 6.76. The number of nitrogens with zero attached hydrogens (tertiary/aromatic N) is 3. The largest absolute Gasteiger partial charge is 0.380 e. The lowest BCUT2D eigenvalue weighted by Crippen LogP contribution is -2.60. The van der Waals surface area contributed by atoms with Crippen molar-refractivity contribution in [3.05, 3.63) is 47.3 Å². The van der Waals surface area contributed by atoms with E-state index in [9.17, 15) is 13.2 Å². The lowest BCUT2D eigenvalue weighted by atomic mass is 10.0. The van der Waals surface area contributed by atoms with Gasteiger partial charge in [-0.25, -0.2) is 13.1 Å². The number of hydrogen-bond donors (Lipinski definition) is 0. The smallest absolute Gasteiger partial charge is 0.257 e. The fraction of sp³-hybridized carbons (Fsp3) is 0.474. The van der Waals surface area contributed by atoms with Gasteiger partial charge in [-0.3, -0.25) is 4.79 Å². The summed E-state index contributed by atoms with van der Waals surface area (Å²) in [6.07, 6.45) is 2.12. The monoisotopic (exact) mass is 389 g/mol. The predicted molar refractivity (Wildman–Crippen MR) is 101 cm³/mol. The van der Waals surface area contributed by atoms with Crippen LogP contribution in [0.25, 0.3) is 5.69 Å². The molecule has 2 aliphatic heterocycles. The summed E-state index contributed by atoms with van der Waals surface area (Å²) in [5.74, 6) is -0.174. The maximum absolute atomic E-state index is 13.2. The molecule has 2 fully saturated rings. The van der Waals surface area contributed by atoms with Gasteiger partial charge in [-0.1, -0.05) is 12.1 Å². The van der Waals surface area contributed by atoms with Crippen LogP contribution in [-0.2, 0) is 14.6 Å². The molecule has 0 bridgehead atoms. The summed E-state index contributed by atoms with van der Waals surface area (Å²) < 4.78 is 31.9. The number of aromatic nitrogens is 2. The first-order valence-electron chi connectivity index (χ1n) is 9.10. The van der Waals surface area contributed by atoms with E-state index in [4.69, 9.17) is 4.74 Å². The number of amides is 1. The van der Waals surface area contributed by atoms with E-state index in [0.717, 1.165) is 16.9 Å². The maximum atomic E-state index is 13.2. The molecule has 0 aliphatic carbocycles. The van der Waals surface area contributed by atoms with Crippen molar-refractivity contribution >= 4 is 15.7 Å². The Kier molecular flexibility index (Phi) is 4.55. The molecule has 1 amide bonds. The third-order valence-electron chi connectivity index (χ3n) is 5.49. The van der Waals surface area contributed by atoms with Crippen molar-refractivity contribution in [2.24, 2.45) is 0 Å². The highest BCUT2D eigenvalue weighted by Gasteiger charge is 2.45. The van der Waals surface area contributed by atoms with Gasteiger partial charge in [-0.05, 0) is 38.0 Å². The van der Waals surface area contributed by atoms with Gasteiger partial charge in [-0.2, -0.15) is 5.10 Å². The van der Waals surface area contributed by atoms with Crippen LogP contribution in [0.4, 0.5) is 0 Å². The van der Waals surface area contributed by atoms with Gasteiger partial charge in [0, 0.05) is 13.2 Å². The molecule has 27 heavy (non-hydrogen) atoms. The highest BCUT2D eigenvalue weighted by atomic mass is 32.2. The summed E-state index contributed by atoms with van der Waals surface area (Å²) in [7, 11) is -3.22. The van der Waals surface area contributed by atoms with Crippen LogP contribution in [-0.4, -0.2) is 65.8 Å². The van der Waals surface area contributed by atoms with Crippen molar-refractivity contribution in [3.8, 4) is 5.69 Å². The molecule has 1 aromatic heterocycles. The number of ether oxygens (including phenoxy) is 1.